The van der Waals surface area contributed by atoms with Gasteiger partial charge in [-0.05, 0) is 21.9 Å². The molecule has 1 aromatic rings. The van der Waals surface area contributed by atoms with Gasteiger partial charge in [0.1, 0.15) is 0 Å². The molecule has 1 heterocycles. The van der Waals surface area contributed by atoms with Gasteiger partial charge in [-0.2, -0.15) is 11.3 Å². The molecule has 0 spiro atoms. The van der Waals surface area contributed by atoms with Crippen LogP contribution in [0, 0.1) is 0 Å². The Morgan fingerprint density at radius 1 is 0.769 bits per heavy atom. The van der Waals surface area contributed by atoms with Crippen LogP contribution in [0.5, 0.6) is 0 Å². The molecular weight excluding hydrogens is 176 g/mol. The van der Waals surface area contributed by atoms with Gasteiger partial charge in [0.2, 0.25) is 0 Å². The molecule has 0 unspecified atom stereocenters. The van der Waals surface area contributed by atoms with E-state index in [4.69, 9.17) is 0 Å². The lowest BCUT2D eigenvalue weighted by molar-refractivity contribution is 1.69. The molecule has 0 fully saturated rings. The third kappa shape index (κ3) is 2.07. The Morgan fingerprint density at radius 2 is 1.31 bits per heavy atom. The monoisotopic (exact) mass is 186 g/mol. The number of allylic oxidation sites excluding steroid dienone is 8. The third-order valence-corrected chi connectivity index (χ3v) is 2.49. The Bertz CT molecular complexity index is 332. The maximum Gasteiger partial charge on any atom is -0.00934 e. The lowest BCUT2D eigenvalue weighted by atomic mass is 10.2. The van der Waals surface area contributed by atoms with Crippen molar-refractivity contribution in [2.24, 2.45) is 0 Å². The summed E-state index contributed by atoms with van der Waals surface area (Å²) in [5, 5.41) is 4.08. The fourth-order valence-electron chi connectivity index (χ4n) is 1.23. The molecular formula is C12H10S. The van der Waals surface area contributed by atoms with Gasteiger partial charge in [0, 0.05) is 0 Å². The van der Waals surface area contributed by atoms with Crippen LogP contribution < -0.4 is 0 Å². The molecule has 64 valence electrons. The maximum absolute atomic E-state index is 2.12. The Morgan fingerprint density at radius 3 is 1.69 bits per heavy atom. The van der Waals surface area contributed by atoms with E-state index in [1.165, 1.54) is 11.1 Å². The van der Waals surface area contributed by atoms with Crippen LogP contribution in [0.3, 0.4) is 0 Å². The molecule has 0 N–H and O–H groups in total. The van der Waals surface area contributed by atoms with Crippen LogP contribution in [0.4, 0.5) is 0 Å². The first-order valence-electron chi connectivity index (χ1n) is 4.21. The standard InChI is InChI=1S/C8H6.C4H4S/c1-3-7-5-2-6-8(7)4-1;1-2-4-5-3-1/h1-6H;1-4H. The van der Waals surface area contributed by atoms with Gasteiger partial charge in [0.05, 0.1) is 0 Å². The van der Waals surface area contributed by atoms with Crippen LogP contribution in [0.25, 0.3) is 0 Å². The fourth-order valence-corrected chi connectivity index (χ4v) is 1.69. The van der Waals surface area contributed by atoms with Crippen LogP contribution in [-0.4, -0.2) is 0 Å². The Kier molecular flexibility index (Phi) is 2.58. The van der Waals surface area contributed by atoms with Gasteiger partial charge in [-0.1, -0.05) is 48.6 Å². The highest BCUT2D eigenvalue weighted by molar-refractivity contribution is 7.07. The van der Waals surface area contributed by atoms with E-state index >= 15 is 0 Å². The van der Waals surface area contributed by atoms with Gasteiger partial charge in [-0.3, -0.25) is 0 Å². The normalized spacial score (nSPS) is 16.0. The average molecular weight is 186 g/mol. The van der Waals surface area contributed by atoms with Crippen molar-refractivity contribution in [2.45, 2.75) is 0 Å². The molecule has 1 heteroatoms. The number of fused-ring (bicyclic) bond motifs is 1. The zero-order chi connectivity index (χ0) is 8.93. The van der Waals surface area contributed by atoms with Crippen molar-refractivity contribution in [1.29, 1.82) is 0 Å². The van der Waals surface area contributed by atoms with Crippen molar-refractivity contribution < 1.29 is 0 Å². The lowest BCUT2D eigenvalue weighted by Gasteiger charge is -1.85. The van der Waals surface area contributed by atoms with Gasteiger partial charge in [-0.25, -0.2) is 0 Å². The second-order valence-corrected chi connectivity index (χ2v) is 3.57. The summed E-state index contributed by atoms with van der Waals surface area (Å²) in [4.78, 5) is 0. The minimum Gasteiger partial charge on any atom is -0.152 e. The van der Waals surface area contributed by atoms with Crippen LogP contribution in [0.2, 0.25) is 0 Å². The topological polar surface area (TPSA) is 0 Å². The number of hydrogen-bond acceptors (Lipinski definition) is 1. The first kappa shape index (κ1) is 8.27. The van der Waals surface area contributed by atoms with E-state index in [9.17, 15) is 0 Å². The highest BCUT2D eigenvalue weighted by Crippen LogP contribution is 2.23. The Balaban J connectivity index is 0.000000113. The molecule has 0 saturated carbocycles. The maximum atomic E-state index is 2.12. The molecule has 0 amide bonds. The predicted molar refractivity (Wildman–Crippen MR) is 58.8 cm³/mol. The van der Waals surface area contributed by atoms with E-state index in [0.717, 1.165) is 0 Å². The van der Waals surface area contributed by atoms with Crippen LogP contribution >= 0.6 is 11.3 Å². The van der Waals surface area contributed by atoms with Crippen molar-refractivity contribution in [3.8, 4) is 0 Å². The summed E-state index contributed by atoms with van der Waals surface area (Å²) < 4.78 is 0. The van der Waals surface area contributed by atoms with E-state index in [2.05, 4.69) is 36.5 Å². The lowest BCUT2D eigenvalue weighted by Crippen LogP contribution is -1.67. The summed E-state index contributed by atoms with van der Waals surface area (Å²) in [6.07, 6.45) is 12.6. The highest BCUT2D eigenvalue weighted by atomic mass is 32.1. The third-order valence-electron chi connectivity index (χ3n) is 1.86. The summed E-state index contributed by atoms with van der Waals surface area (Å²) in [7, 11) is 0. The molecule has 0 atom stereocenters. The molecule has 1 aromatic heterocycles. The molecule has 0 radical (unpaired) electrons. The van der Waals surface area contributed by atoms with Crippen molar-refractivity contribution in [1.82, 2.24) is 0 Å². The molecule has 0 saturated heterocycles. The summed E-state index contributed by atoms with van der Waals surface area (Å²) in [6.45, 7) is 0. The average Bonchev–Trinajstić information content (AvgIpc) is 2.84. The SMILES string of the molecule is C1=CC2=CC=CC2=C1.c1ccsc1. The van der Waals surface area contributed by atoms with Crippen molar-refractivity contribution >= 4 is 11.3 Å². The first-order chi connectivity index (χ1) is 6.47. The second kappa shape index (κ2) is 4.06. The largest absolute Gasteiger partial charge is 0.152 e. The smallest absolute Gasteiger partial charge is 0.00934 e. The van der Waals surface area contributed by atoms with Gasteiger partial charge in [-0.15, -0.1) is 0 Å². The number of thiophene rings is 1. The molecule has 0 nitrogen and oxygen atoms in total. The number of rotatable bonds is 0. The minimum atomic E-state index is 1.35. The second-order valence-electron chi connectivity index (χ2n) is 2.76. The van der Waals surface area contributed by atoms with Gasteiger partial charge < -0.3 is 0 Å². The molecule has 0 bridgehead atoms. The van der Waals surface area contributed by atoms with E-state index in [0.29, 0.717) is 0 Å². The summed E-state index contributed by atoms with van der Waals surface area (Å²) in [5.74, 6) is 0. The summed E-state index contributed by atoms with van der Waals surface area (Å²) >= 11 is 1.71. The van der Waals surface area contributed by atoms with Gasteiger partial charge in [0.25, 0.3) is 0 Å². The Hall–Kier alpha value is -1.34. The van der Waals surface area contributed by atoms with E-state index in [-0.39, 0.29) is 0 Å². The summed E-state index contributed by atoms with van der Waals surface area (Å²) in [5.41, 5.74) is 2.70. The molecule has 2 aliphatic rings. The van der Waals surface area contributed by atoms with E-state index < -0.39 is 0 Å². The molecule has 0 aliphatic heterocycles. The summed E-state index contributed by atoms with van der Waals surface area (Å²) in [6, 6.07) is 4.04. The molecule has 13 heavy (non-hydrogen) atoms. The van der Waals surface area contributed by atoms with Crippen LogP contribution in [0.1, 0.15) is 0 Å². The van der Waals surface area contributed by atoms with E-state index in [1.807, 2.05) is 22.9 Å². The number of hydrogen-bond donors (Lipinski definition) is 0. The zero-order valence-electron chi connectivity index (χ0n) is 7.18. The van der Waals surface area contributed by atoms with Crippen LogP contribution in [0.15, 0.2) is 70.5 Å². The quantitative estimate of drug-likeness (QED) is 0.579. The van der Waals surface area contributed by atoms with E-state index in [1.54, 1.807) is 11.3 Å². The molecule has 3 rings (SSSR count). The van der Waals surface area contributed by atoms with Crippen molar-refractivity contribution in [3.05, 3.63) is 70.5 Å². The first-order valence-corrected chi connectivity index (χ1v) is 5.15. The predicted octanol–water partition coefficient (Wildman–Crippen LogP) is 3.73. The van der Waals surface area contributed by atoms with Crippen LogP contribution in [-0.2, 0) is 0 Å². The van der Waals surface area contributed by atoms with Gasteiger partial charge >= 0.3 is 0 Å². The minimum absolute atomic E-state index is 1.35. The van der Waals surface area contributed by atoms with Crippen molar-refractivity contribution in [2.75, 3.05) is 0 Å². The van der Waals surface area contributed by atoms with Crippen molar-refractivity contribution in [3.63, 3.8) is 0 Å². The van der Waals surface area contributed by atoms with Gasteiger partial charge in [0.15, 0.2) is 0 Å². The molecule has 2 aliphatic carbocycles. The highest BCUT2D eigenvalue weighted by Gasteiger charge is 2.04. The zero-order valence-corrected chi connectivity index (χ0v) is 8.00. The fraction of sp³-hybridized carbons (Fsp3) is 0. The molecule has 0 aromatic carbocycles. The Labute approximate surface area is 82.2 Å².